The first-order chi connectivity index (χ1) is 11.6. The Bertz CT molecular complexity index is 498. The highest BCUT2D eigenvalue weighted by Gasteiger charge is 2.15. The second kappa shape index (κ2) is 9.99. The van der Waals surface area contributed by atoms with E-state index in [1.54, 1.807) is 11.3 Å². The maximum atomic E-state index is 4.74. The van der Waals surface area contributed by atoms with Gasteiger partial charge in [0.2, 0.25) is 0 Å². The van der Waals surface area contributed by atoms with Gasteiger partial charge in [-0.25, -0.2) is 4.98 Å². The number of rotatable bonds is 7. The van der Waals surface area contributed by atoms with Crippen LogP contribution in [0.2, 0.25) is 0 Å². The van der Waals surface area contributed by atoms with Gasteiger partial charge in [0.1, 0.15) is 0 Å². The van der Waals surface area contributed by atoms with Crippen LogP contribution >= 0.6 is 11.3 Å². The van der Waals surface area contributed by atoms with Gasteiger partial charge in [0, 0.05) is 30.9 Å². The lowest BCUT2D eigenvalue weighted by molar-refractivity contribution is 0.214. The Morgan fingerprint density at radius 1 is 1.29 bits per heavy atom. The number of hydrogen-bond donors (Lipinski definition) is 2. The molecule has 0 spiro atoms. The largest absolute Gasteiger partial charge is 0.357 e. The molecule has 0 bridgehead atoms. The Labute approximate surface area is 151 Å². The summed E-state index contributed by atoms with van der Waals surface area (Å²) in [4.78, 5) is 13.1. The molecule has 1 aromatic heterocycles. The zero-order valence-electron chi connectivity index (χ0n) is 15.7. The average molecular weight is 352 g/mol. The fourth-order valence-corrected chi connectivity index (χ4v) is 3.92. The molecule has 0 radical (unpaired) electrons. The van der Waals surface area contributed by atoms with Crippen LogP contribution in [-0.4, -0.2) is 55.6 Å². The number of aryl methyl sites for hydroxylation is 2. The minimum absolute atomic E-state index is 0.842. The topological polar surface area (TPSA) is 52.6 Å². The molecular formula is C18H33N5S. The average Bonchev–Trinajstić information content (AvgIpc) is 2.87. The molecule has 0 aliphatic carbocycles. The summed E-state index contributed by atoms with van der Waals surface area (Å²) in [6, 6.07) is 0. The summed E-state index contributed by atoms with van der Waals surface area (Å²) in [5.74, 6) is 1.78. The van der Waals surface area contributed by atoms with Gasteiger partial charge in [-0.2, -0.15) is 0 Å². The van der Waals surface area contributed by atoms with Crippen molar-refractivity contribution >= 4 is 17.3 Å². The standard InChI is InChI=1S/C18H33N5S/c1-5-19-18(20-10-6-16-8-12-23(4)13-9-16)21-11-7-17-22-14(2)15(3)24-17/h16H,5-13H2,1-4H3,(H2,19,20,21). The molecule has 0 amide bonds. The quantitative estimate of drug-likeness (QED) is 0.586. The van der Waals surface area contributed by atoms with Gasteiger partial charge in [0.25, 0.3) is 0 Å². The zero-order valence-corrected chi connectivity index (χ0v) is 16.5. The van der Waals surface area contributed by atoms with Crippen LogP contribution in [0.4, 0.5) is 0 Å². The monoisotopic (exact) mass is 351 g/mol. The van der Waals surface area contributed by atoms with Gasteiger partial charge in [0.15, 0.2) is 5.96 Å². The third-order valence-corrected chi connectivity index (χ3v) is 5.83. The lowest BCUT2D eigenvalue weighted by Gasteiger charge is -2.28. The Hall–Kier alpha value is -1.14. The minimum atomic E-state index is 0.842. The first kappa shape index (κ1) is 19.2. The van der Waals surface area contributed by atoms with E-state index < -0.39 is 0 Å². The molecule has 1 aliphatic rings. The van der Waals surface area contributed by atoms with Crippen molar-refractivity contribution in [2.24, 2.45) is 10.9 Å². The lowest BCUT2D eigenvalue weighted by Crippen LogP contribution is -2.38. The van der Waals surface area contributed by atoms with E-state index >= 15 is 0 Å². The maximum Gasteiger partial charge on any atom is 0.191 e. The Morgan fingerprint density at radius 2 is 2.04 bits per heavy atom. The molecule has 1 saturated heterocycles. The van der Waals surface area contributed by atoms with Crippen molar-refractivity contribution in [3.05, 3.63) is 15.6 Å². The first-order valence-electron chi connectivity index (χ1n) is 9.22. The number of hydrogen-bond acceptors (Lipinski definition) is 4. The number of aromatic nitrogens is 1. The summed E-state index contributed by atoms with van der Waals surface area (Å²) in [6.07, 6.45) is 4.80. The summed E-state index contributed by atoms with van der Waals surface area (Å²) in [6.45, 7) is 11.5. The summed E-state index contributed by atoms with van der Waals surface area (Å²) < 4.78 is 0. The van der Waals surface area contributed by atoms with Crippen molar-refractivity contribution in [1.29, 1.82) is 0 Å². The van der Waals surface area contributed by atoms with Gasteiger partial charge in [-0.05, 0) is 66.1 Å². The van der Waals surface area contributed by atoms with E-state index in [1.165, 1.54) is 42.2 Å². The second-order valence-corrected chi connectivity index (χ2v) is 8.01. The van der Waals surface area contributed by atoms with E-state index in [-0.39, 0.29) is 0 Å². The van der Waals surface area contributed by atoms with E-state index in [9.17, 15) is 0 Å². The smallest absolute Gasteiger partial charge is 0.191 e. The number of guanidine groups is 1. The van der Waals surface area contributed by atoms with E-state index in [4.69, 9.17) is 4.99 Å². The van der Waals surface area contributed by atoms with Crippen LogP contribution in [0.15, 0.2) is 4.99 Å². The van der Waals surface area contributed by atoms with Crippen LogP contribution in [0.1, 0.15) is 41.8 Å². The van der Waals surface area contributed by atoms with Gasteiger partial charge in [-0.3, -0.25) is 4.99 Å². The normalized spacial score (nSPS) is 17.2. The van der Waals surface area contributed by atoms with Crippen LogP contribution in [0.5, 0.6) is 0 Å². The lowest BCUT2D eigenvalue weighted by atomic mass is 9.94. The first-order valence-corrected chi connectivity index (χ1v) is 10.0. The van der Waals surface area contributed by atoms with Gasteiger partial charge in [-0.1, -0.05) is 0 Å². The highest BCUT2D eigenvalue weighted by Crippen LogP contribution is 2.19. The predicted molar refractivity (Wildman–Crippen MR) is 104 cm³/mol. The van der Waals surface area contributed by atoms with Gasteiger partial charge >= 0.3 is 0 Å². The molecule has 24 heavy (non-hydrogen) atoms. The molecule has 2 rings (SSSR count). The molecule has 2 N–H and O–H groups in total. The summed E-state index contributed by atoms with van der Waals surface area (Å²) in [5.41, 5.74) is 1.16. The maximum absolute atomic E-state index is 4.74. The van der Waals surface area contributed by atoms with Crippen molar-refractivity contribution in [1.82, 2.24) is 20.5 Å². The molecule has 5 nitrogen and oxygen atoms in total. The summed E-state index contributed by atoms with van der Waals surface area (Å²) in [5, 5.41) is 7.99. The van der Waals surface area contributed by atoms with Crippen molar-refractivity contribution in [2.45, 2.75) is 46.5 Å². The summed E-state index contributed by atoms with van der Waals surface area (Å²) >= 11 is 1.80. The van der Waals surface area contributed by atoms with Crippen LogP contribution in [0.25, 0.3) is 0 Å². The van der Waals surface area contributed by atoms with E-state index in [2.05, 4.69) is 48.3 Å². The van der Waals surface area contributed by atoms with Crippen LogP contribution in [0, 0.1) is 19.8 Å². The highest BCUT2D eigenvalue weighted by molar-refractivity contribution is 7.11. The van der Waals surface area contributed by atoms with E-state index in [0.717, 1.165) is 43.6 Å². The minimum Gasteiger partial charge on any atom is -0.357 e. The van der Waals surface area contributed by atoms with E-state index in [1.807, 2.05) is 0 Å². The molecule has 1 aromatic rings. The highest BCUT2D eigenvalue weighted by atomic mass is 32.1. The van der Waals surface area contributed by atoms with E-state index in [0.29, 0.717) is 0 Å². The molecular weight excluding hydrogens is 318 g/mol. The Kier molecular flexibility index (Phi) is 7.99. The molecule has 0 aromatic carbocycles. The number of nitrogens with zero attached hydrogens (tertiary/aromatic N) is 3. The fourth-order valence-electron chi connectivity index (χ4n) is 2.99. The molecule has 0 atom stereocenters. The molecule has 6 heteroatoms. The van der Waals surface area contributed by atoms with Gasteiger partial charge < -0.3 is 15.5 Å². The molecule has 0 unspecified atom stereocenters. The summed E-state index contributed by atoms with van der Waals surface area (Å²) in [7, 11) is 2.22. The molecule has 1 fully saturated rings. The van der Waals surface area contributed by atoms with Crippen LogP contribution in [-0.2, 0) is 6.42 Å². The SMILES string of the molecule is CCNC(=NCCC1CCN(C)CC1)NCCc1nc(C)c(C)s1. The van der Waals surface area contributed by atoms with Gasteiger partial charge in [-0.15, -0.1) is 11.3 Å². The molecule has 1 aliphatic heterocycles. The zero-order chi connectivity index (χ0) is 17.4. The van der Waals surface area contributed by atoms with Crippen LogP contribution < -0.4 is 10.6 Å². The van der Waals surface area contributed by atoms with Crippen molar-refractivity contribution < 1.29 is 0 Å². The van der Waals surface area contributed by atoms with Crippen LogP contribution in [0.3, 0.4) is 0 Å². The number of likely N-dealkylation sites (tertiary alicyclic amines) is 1. The Morgan fingerprint density at radius 3 is 2.67 bits per heavy atom. The third-order valence-electron chi connectivity index (χ3n) is 4.69. The number of piperidine rings is 1. The van der Waals surface area contributed by atoms with Crippen molar-refractivity contribution in [3.63, 3.8) is 0 Å². The molecule has 2 heterocycles. The predicted octanol–water partition coefficient (Wildman–Crippen LogP) is 2.59. The van der Waals surface area contributed by atoms with Crippen molar-refractivity contribution in [3.8, 4) is 0 Å². The third kappa shape index (κ3) is 6.40. The molecule has 0 saturated carbocycles. The second-order valence-electron chi connectivity index (χ2n) is 6.72. The number of thiazole rings is 1. The molecule has 136 valence electrons. The number of nitrogens with one attached hydrogen (secondary N) is 2. The Balaban J connectivity index is 1.71. The fraction of sp³-hybridized carbons (Fsp3) is 0.778. The number of aliphatic imine (C=N–C) groups is 1. The van der Waals surface area contributed by atoms with Gasteiger partial charge in [0.05, 0.1) is 10.7 Å². The van der Waals surface area contributed by atoms with Crippen molar-refractivity contribution in [2.75, 3.05) is 39.8 Å².